The van der Waals surface area contributed by atoms with Crippen molar-refractivity contribution in [2.75, 3.05) is 11.9 Å². The van der Waals surface area contributed by atoms with Crippen molar-refractivity contribution in [2.24, 2.45) is 0 Å². The highest BCUT2D eigenvalue weighted by molar-refractivity contribution is 14.1. The molecule has 0 aliphatic rings. The average molecular weight is 355 g/mol. The van der Waals surface area contributed by atoms with Gasteiger partial charge in [-0.05, 0) is 59.0 Å². The summed E-state index contributed by atoms with van der Waals surface area (Å²) in [4.78, 5) is 13.5. The lowest BCUT2D eigenvalue weighted by molar-refractivity contribution is 0.0992. The van der Waals surface area contributed by atoms with Crippen molar-refractivity contribution in [3.05, 3.63) is 63.5 Å². The minimum atomic E-state index is -0.404. The molecule has 0 saturated heterocycles. The number of carbonyl (C=O) groups is 1. The van der Waals surface area contributed by atoms with Crippen molar-refractivity contribution in [2.45, 2.75) is 0 Å². The van der Waals surface area contributed by atoms with E-state index in [0.29, 0.717) is 5.56 Å². The van der Waals surface area contributed by atoms with Gasteiger partial charge in [0.25, 0.3) is 5.91 Å². The molecule has 2 aromatic carbocycles. The molecule has 0 heterocycles. The van der Waals surface area contributed by atoms with Crippen molar-refractivity contribution in [1.29, 1.82) is 0 Å². The zero-order chi connectivity index (χ0) is 13.1. The van der Waals surface area contributed by atoms with Crippen molar-refractivity contribution in [3.63, 3.8) is 0 Å². The highest BCUT2D eigenvalue weighted by atomic mass is 127. The van der Waals surface area contributed by atoms with E-state index in [1.165, 1.54) is 11.0 Å². The molecule has 0 unspecified atom stereocenters. The largest absolute Gasteiger partial charge is 0.309 e. The van der Waals surface area contributed by atoms with Gasteiger partial charge in [-0.1, -0.05) is 12.1 Å². The van der Waals surface area contributed by atoms with E-state index >= 15 is 0 Å². The van der Waals surface area contributed by atoms with Crippen LogP contribution in [0.2, 0.25) is 0 Å². The maximum Gasteiger partial charge on any atom is 0.258 e. The number of halogens is 2. The third kappa shape index (κ3) is 2.69. The smallest absolute Gasteiger partial charge is 0.258 e. The number of hydrogen-bond donors (Lipinski definition) is 0. The summed E-state index contributed by atoms with van der Waals surface area (Å²) in [6.07, 6.45) is 0. The van der Waals surface area contributed by atoms with E-state index < -0.39 is 5.82 Å². The Morgan fingerprint density at radius 2 is 1.72 bits per heavy atom. The molecule has 18 heavy (non-hydrogen) atoms. The maximum absolute atomic E-state index is 13.6. The van der Waals surface area contributed by atoms with Gasteiger partial charge in [-0.3, -0.25) is 4.79 Å². The first-order chi connectivity index (χ1) is 8.59. The molecule has 0 saturated carbocycles. The molecule has 0 N–H and O–H groups in total. The summed E-state index contributed by atoms with van der Waals surface area (Å²) in [6, 6.07) is 13.4. The molecule has 4 heteroatoms. The zero-order valence-electron chi connectivity index (χ0n) is 9.73. The van der Waals surface area contributed by atoms with Gasteiger partial charge < -0.3 is 4.90 Å². The fraction of sp³-hybridized carbons (Fsp3) is 0.0714. The first-order valence-electron chi connectivity index (χ1n) is 5.38. The van der Waals surface area contributed by atoms with E-state index in [0.717, 1.165) is 3.57 Å². The summed E-state index contributed by atoms with van der Waals surface area (Å²) in [6.45, 7) is 0. The molecule has 0 aliphatic heterocycles. The lowest BCUT2D eigenvalue weighted by atomic mass is 10.2. The number of para-hydroxylation sites is 1. The fourth-order valence-corrected chi connectivity index (χ4v) is 1.98. The molecule has 0 radical (unpaired) electrons. The standard InChI is InChI=1S/C14H11FINO/c1-17(13-5-3-2-4-12(13)15)14(18)10-6-8-11(16)9-7-10/h2-9H,1H3. The number of carbonyl (C=O) groups excluding carboxylic acids is 1. The molecule has 0 fully saturated rings. The summed E-state index contributed by atoms with van der Waals surface area (Å²) in [5.41, 5.74) is 0.821. The lowest BCUT2D eigenvalue weighted by Crippen LogP contribution is -2.27. The summed E-state index contributed by atoms with van der Waals surface area (Å²) in [7, 11) is 1.57. The minimum Gasteiger partial charge on any atom is -0.309 e. The predicted octanol–water partition coefficient (Wildman–Crippen LogP) is 3.71. The van der Waals surface area contributed by atoms with E-state index in [2.05, 4.69) is 22.6 Å². The number of rotatable bonds is 2. The zero-order valence-corrected chi connectivity index (χ0v) is 11.9. The van der Waals surface area contributed by atoms with Crippen molar-refractivity contribution in [1.82, 2.24) is 0 Å². The van der Waals surface area contributed by atoms with Gasteiger partial charge in [0, 0.05) is 16.2 Å². The molecular weight excluding hydrogens is 344 g/mol. The molecule has 0 aromatic heterocycles. The first kappa shape index (κ1) is 13.0. The van der Waals surface area contributed by atoms with Gasteiger partial charge in [0.15, 0.2) is 0 Å². The number of hydrogen-bond acceptors (Lipinski definition) is 1. The van der Waals surface area contributed by atoms with E-state index in [9.17, 15) is 9.18 Å². The molecule has 0 spiro atoms. The van der Waals surface area contributed by atoms with Crippen LogP contribution in [0.5, 0.6) is 0 Å². The number of nitrogens with zero attached hydrogens (tertiary/aromatic N) is 1. The molecule has 2 aromatic rings. The van der Waals surface area contributed by atoms with Crippen LogP contribution < -0.4 is 4.90 Å². The SMILES string of the molecule is CN(C(=O)c1ccc(I)cc1)c1ccccc1F. The van der Waals surface area contributed by atoms with E-state index in [4.69, 9.17) is 0 Å². The van der Waals surface area contributed by atoms with Gasteiger partial charge in [-0.2, -0.15) is 0 Å². The predicted molar refractivity (Wildman–Crippen MR) is 78.3 cm³/mol. The Labute approximate surface area is 119 Å². The van der Waals surface area contributed by atoms with Crippen LogP contribution in [0.15, 0.2) is 48.5 Å². The van der Waals surface area contributed by atoms with Gasteiger partial charge in [0.2, 0.25) is 0 Å². The third-order valence-electron chi connectivity index (χ3n) is 2.61. The molecule has 1 amide bonds. The Hall–Kier alpha value is -1.43. The second-order valence-electron chi connectivity index (χ2n) is 3.82. The maximum atomic E-state index is 13.6. The molecule has 2 rings (SSSR count). The monoisotopic (exact) mass is 355 g/mol. The van der Waals surface area contributed by atoms with Crippen molar-refractivity contribution >= 4 is 34.2 Å². The van der Waals surface area contributed by atoms with Crippen LogP contribution in [0.4, 0.5) is 10.1 Å². The van der Waals surface area contributed by atoms with Gasteiger partial charge in [0.1, 0.15) is 5.82 Å². The van der Waals surface area contributed by atoms with Crippen LogP contribution in [0.1, 0.15) is 10.4 Å². The molecule has 0 aliphatic carbocycles. The summed E-state index contributed by atoms with van der Waals surface area (Å²) in [5, 5.41) is 0. The molecule has 0 bridgehead atoms. The normalized spacial score (nSPS) is 10.2. The Balaban J connectivity index is 2.29. The fourth-order valence-electron chi connectivity index (χ4n) is 1.62. The van der Waals surface area contributed by atoms with Crippen molar-refractivity contribution < 1.29 is 9.18 Å². The summed E-state index contributed by atoms with van der Waals surface area (Å²) in [5.74, 6) is -0.629. The summed E-state index contributed by atoms with van der Waals surface area (Å²) < 4.78 is 14.6. The Kier molecular flexibility index (Phi) is 3.96. The molecule has 2 nitrogen and oxygen atoms in total. The van der Waals surface area contributed by atoms with E-state index in [1.807, 2.05) is 12.1 Å². The van der Waals surface area contributed by atoms with Gasteiger partial charge in [-0.15, -0.1) is 0 Å². The number of benzene rings is 2. The third-order valence-corrected chi connectivity index (χ3v) is 3.33. The van der Waals surface area contributed by atoms with Gasteiger partial charge in [-0.25, -0.2) is 4.39 Å². The Morgan fingerprint density at radius 3 is 2.33 bits per heavy atom. The van der Waals surface area contributed by atoms with Crippen LogP contribution >= 0.6 is 22.6 Å². The average Bonchev–Trinajstić information content (AvgIpc) is 2.38. The van der Waals surface area contributed by atoms with Gasteiger partial charge in [0.05, 0.1) is 5.69 Å². The highest BCUT2D eigenvalue weighted by Crippen LogP contribution is 2.19. The minimum absolute atomic E-state index is 0.225. The summed E-state index contributed by atoms with van der Waals surface area (Å²) >= 11 is 2.17. The highest BCUT2D eigenvalue weighted by Gasteiger charge is 2.15. The number of anilines is 1. The quantitative estimate of drug-likeness (QED) is 0.753. The van der Waals surface area contributed by atoms with Crippen LogP contribution in [-0.4, -0.2) is 13.0 Å². The first-order valence-corrected chi connectivity index (χ1v) is 6.45. The number of amides is 1. The van der Waals surface area contributed by atoms with E-state index in [1.54, 1.807) is 37.4 Å². The van der Waals surface area contributed by atoms with Crippen LogP contribution in [0.3, 0.4) is 0 Å². The van der Waals surface area contributed by atoms with Crippen LogP contribution in [0.25, 0.3) is 0 Å². The lowest BCUT2D eigenvalue weighted by Gasteiger charge is -2.18. The Bertz CT molecular complexity index is 568. The van der Waals surface area contributed by atoms with Crippen molar-refractivity contribution in [3.8, 4) is 0 Å². The molecule has 0 atom stereocenters. The Morgan fingerprint density at radius 1 is 1.11 bits per heavy atom. The second-order valence-corrected chi connectivity index (χ2v) is 5.07. The van der Waals surface area contributed by atoms with Crippen LogP contribution in [0, 0.1) is 9.39 Å². The second kappa shape index (κ2) is 5.48. The molecular formula is C14H11FINO. The van der Waals surface area contributed by atoms with Crippen LogP contribution in [-0.2, 0) is 0 Å². The topological polar surface area (TPSA) is 20.3 Å². The molecule has 92 valence electrons. The van der Waals surface area contributed by atoms with Gasteiger partial charge >= 0.3 is 0 Å². The van der Waals surface area contributed by atoms with E-state index in [-0.39, 0.29) is 11.6 Å².